The van der Waals surface area contributed by atoms with E-state index in [2.05, 4.69) is 15.5 Å². The van der Waals surface area contributed by atoms with Crippen LogP contribution in [0.25, 0.3) is 0 Å². The van der Waals surface area contributed by atoms with E-state index in [1.165, 1.54) is 35.7 Å². The van der Waals surface area contributed by atoms with Crippen molar-refractivity contribution in [3.63, 3.8) is 0 Å². The minimum Gasteiger partial charge on any atom is -0.344 e. The lowest BCUT2D eigenvalue weighted by atomic mass is 10.2. The van der Waals surface area contributed by atoms with Crippen molar-refractivity contribution in [1.29, 1.82) is 0 Å². The van der Waals surface area contributed by atoms with Crippen LogP contribution in [0.15, 0.2) is 24.3 Å². The van der Waals surface area contributed by atoms with Crippen molar-refractivity contribution < 1.29 is 27.2 Å². The second kappa shape index (κ2) is 9.25. The molecule has 0 radical (unpaired) electrons. The number of fused-ring (bicyclic) bond motifs is 1. The molecule has 1 aromatic heterocycles. The maximum Gasteiger partial charge on any atom is 0.451 e. The molecule has 0 saturated carbocycles. The molecule has 1 aromatic carbocycles. The van der Waals surface area contributed by atoms with Crippen LogP contribution in [0.2, 0.25) is 0 Å². The number of alkyl halides is 3. The van der Waals surface area contributed by atoms with Crippen LogP contribution in [0, 0.1) is 5.82 Å². The number of carbonyl (C=O) groups is 2. The Balaban J connectivity index is 1.52. The number of aromatic nitrogens is 3. The molecule has 168 valence electrons. The van der Waals surface area contributed by atoms with Crippen molar-refractivity contribution in [3.05, 3.63) is 47.3 Å². The summed E-state index contributed by atoms with van der Waals surface area (Å²) < 4.78 is 52.7. The summed E-state index contributed by atoms with van der Waals surface area (Å²) in [5, 5.41) is 8.92. The standard InChI is InChI=1S/C19H21F4N5O2S/c1-11(24-16(29)12(2)31-10-13-3-5-14(20)6-4-13)17(30)27-7-8-28-15(9-27)25-26-18(28)19(21,22)23/h3-6,11-12H,7-10H2,1-2H3,(H,24,29). The second-order valence-electron chi connectivity index (χ2n) is 7.16. The van der Waals surface area contributed by atoms with E-state index < -0.39 is 29.2 Å². The van der Waals surface area contributed by atoms with Gasteiger partial charge < -0.3 is 14.8 Å². The van der Waals surface area contributed by atoms with Crippen LogP contribution in [0.1, 0.15) is 31.1 Å². The van der Waals surface area contributed by atoms with Crippen LogP contribution in [0.5, 0.6) is 0 Å². The van der Waals surface area contributed by atoms with E-state index in [4.69, 9.17) is 0 Å². The smallest absolute Gasteiger partial charge is 0.344 e. The molecule has 2 heterocycles. The number of nitrogens with zero attached hydrogens (tertiary/aromatic N) is 4. The number of amides is 2. The summed E-state index contributed by atoms with van der Waals surface area (Å²) in [5.74, 6) is -1.62. The van der Waals surface area contributed by atoms with Crippen LogP contribution >= 0.6 is 11.8 Å². The molecule has 1 N–H and O–H groups in total. The third kappa shape index (κ3) is 5.54. The number of hydrogen-bond acceptors (Lipinski definition) is 5. The normalized spacial score (nSPS) is 15.9. The highest BCUT2D eigenvalue weighted by atomic mass is 32.2. The first-order chi connectivity index (χ1) is 14.6. The SMILES string of the molecule is CC(NC(=O)C(C)SCc1ccc(F)cc1)C(=O)N1CCn2c(nnc2C(F)(F)F)C1. The molecule has 0 saturated heterocycles. The van der Waals surface area contributed by atoms with E-state index in [1.807, 2.05) is 0 Å². The summed E-state index contributed by atoms with van der Waals surface area (Å²) in [5.41, 5.74) is 0.867. The van der Waals surface area contributed by atoms with Crippen molar-refractivity contribution in [2.75, 3.05) is 6.54 Å². The molecule has 7 nitrogen and oxygen atoms in total. The molecule has 2 amide bonds. The number of rotatable bonds is 6. The highest BCUT2D eigenvalue weighted by molar-refractivity contribution is 7.99. The van der Waals surface area contributed by atoms with Crippen molar-refractivity contribution in [1.82, 2.24) is 25.0 Å². The summed E-state index contributed by atoms with van der Waals surface area (Å²) in [7, 11) is 0. The minimum atomic E-state index is -4.61. The lowest BCUT2D eigenvalue weighted by Crippen LogP contribution is -2.50. The van der Waals surface area contributed by atoms with E-state index >= 15 is 0 Å². The van der Waals surface area contributed by atoms with Gasteiger partial charge in [0.1, 0.15) is 11.9 Å². The van der Waals surface area contributed by atoms with E-state index in [0.29, 0.717) is 5.75 Å². The molecule has 31 heavy (non-hydrogen) atoms. The largest absolute Gasteiger partial charge is 0.451 e. The van der Waals surface area contributed by atoms with Crippen LogP contribution < -0.4 is 5.32 Å². The molecule has 3 rings (SSSR count). The molecule has 2 unspecified atom stereocenters. The van der Waals surface area contributed by atoms with Gasteiger partial charge >= 0.3 is 6.18 Å². The Kier molecular flexibility index (Phi) is 6.87. The zero-order valence-electron chi connectivity index (χ0n) is 16.8. The number of benzene rings is 1. The Morgan fingerprint density at radius 3 is 2.48 bits per heavy atom. The Hall–Kier alpha value is -2.63. The average Bonchev–Trinajstić information content (AvgIpc) is 3.16. The molecular weight excluding hydrogens is 438 g/mol. The molecule has 0 aliphatic carbocycles. The Bertz CT molecular complexity index is 948. The number of nitrogens with one attached hydrogen (secondary N) is 1. The predicted molar refractivity (Wildman–Crippen MR) is 105 cm³/mol. The molecule has 12 heteroatoms. The third-order valence-electron chi connectivity index (χ3n) is 4.83. The van der Waals surface area contributed by atoms with Gasteiger partial charge in [-0.3, -0.25) is 9.59 Å². The maximum atomic E-state index is 13.0. The summed E-state index contributed by atoms with van der Waals surface area (Å²) in [6.45, 7) is 3.09. The summed E-state index contributed by atoms with van der Waals surface area (Å²) in [4.78, 5) is 26.4. The highest BCUT2D eigenvalue weighted by Gasteiger charge is 2.40. The topological polar surface area (TPSA) is 80.1 Å². The van der Waals surface area contributed by atoms with E-state index in [-0.39, 0.29) is 37.2 Å². The Morgan fingerprint density at radius 1 is 1.16 bits per heavy atom. The van der Waals surface area contributed by atoms with Crippen LogP contribution in [-0.2, 0) is 34.6 Å². The second-order valence-corrected chi connectivity index (χ2v) is 8.49. The van der Waals surface area contributed by atoms with Gasteiger partial charge in [-0.05, 0) is 31.5 Å². The Labute approximate surface area is 180 Å². The minimum absolute atomic E-state index is 0.0497. The summed E-state index contributed by atoms with van der Waals surface area (Å²) in [6.07, 6.45) is -4.61. The number of halogens is 4. The third-order valence-corrected chi connectivity index (χ3v) is 6.04. The van der Waals surface area contributed by atoms with Gasteiger partial charge in [-0.1, -0.05) is 12.1 Å². The molecule has 0 spiro atoms. The van der Waals surface area contributed by atoms with Crippen LogP contribution in [-0.4, -0.2) is 49.3 Å². The fourth-order valence-electron chi connectivity index (χ4n) is 3.10. The lowest BCUT2D eigenvalue weighted by Gasteiger charge is -2.30. The fourth-order valence-corrected chi connectivity index (χ4v) is 3.95. The molecule has 0 bridgehead atoms. The van der Waals surface area contributed by atoms with Crippen molar-refractivity contribution in [3.8, 4) is 0 Å². The number of hydrogen-bond donors (Lipinski definition) is 1. The summed E-state index contributed by atoms with van der Waals surface area (Å²) >= 11 is 1.34. The van der Waals surface area contributed by atoms with Crippen molar-refractivity contribution in [2.24, 2.45) is 0 Å². The maximum absolute atomic E-state index is 13.0. The highest BCUT2D eigenvalue weighted by Crippen LogP contribution is 2.29. The number of thioether (sulfide) groups is 1. The molecule has 1 aliphatic heterocycles. The van der Waals surface area contributed by atoms with E-state index in [0.717, 1.165) is 10.1 Å². The summed E-state index contributed by atoms with van der Waals surface area (Å²) in [6, 6.07) is 5.12. The van der Waals surface area contributed by atoms with Gasteiger partial charge in [0.25, 0.3) is 0 Å². The van der Waals surface area contributed by atoms with Gasteiger partial charge in [0.15, 0.2) is 5.82 Å². The van der Waals surface area contributed by atoms with E-state index in [9.17, 15) is 27.2 Å². The van der Waals surface area contributed by atoms with Gasteiger partial charge in [0.2, 0.25) is 17.6 Å². The number of carbonyl (C=O) groups excluding carboxylic acids is 2. The Morgan fingerprint density at radius 2 is 1.84 bits per heavy atom. The zero-order chi connectivity index (χ0) is 22.8. The first kappa shape index (κ1) is 23.0. The first-order valence-corrected chi connectivity index (χ1v) is 10.6. The molecular formula is C19H21F4N5O2S. The fraction of sp³-hybridized carbons (Fsp3) is 0.474. The van der Waals surface area contributed by atoms with Gasteiger partial charge in [0, 0.05) is 18.8 Å². The van der Waals surface area contributed by atoms with Crippen LogP contribution in [0.4, 0.5) is 17.6 Å². The molecule has 2 atom stereocenters. The van der Waals surface area contributed by atoms with Gasteiger partial charge in [0.05, 0.1) is 11.8 Å². The van der Waals surface area contributed by atoms with Crippen LogP contribution in [0.3, 0.4) is 0 Å². The average molecular weight is 459 g/mol. The molecule has 2 aromatic rings. The van der Waals surface area contributed by atoms with Gasteiger partial charge in [-0.25, -0.2) is 4.39 Å². The zero-order valence-corrected chi connectivity index (χ0v) is 17.6. The van der Waals surface area contributed by atoms with Gasteiger partial charge in [-0.15, -0.1) is 22.0 Å². The van der Waals surface area contributed by atoms with Crippen molar-refractivity contribution in [2.45, 2.75) is 50.2 Å². The quantitative estimate of drug-likeness (QED) is 0.672. The van der Waals surface area contributed by atoms with E-state index in [1.54, 1.807) is 19.1 Å². The van der Waals surface area contributed by atoms with Gasteiger partial charge in [-0.2, -0.15) is 13.2 Å². The van der Waals surface area contributed by atoms with Crippen molar-refractivity contribution >= 4 is 23.6 Å². The first-order valence-electron chi connectivity index (χ1n) is 9.50. The molecule has 0 fully saturated rings. The predicted octanol–water partition coefficient (Wildman–Crippen LogP) is 2.60. The lowest BCUT2D eigenvalue weighted by molar-refractivity contribution is -0.148. The monoisotopic (exact) mass is 459 g/mol. The molecule has 1 aliphatic rings.